The van der Waals surface area contributed by atoms with Crippen molar-refractivity contribution in [2.45, 2.75) is 45.2 Å². The van der Waals surface area contributed by atoms with E-state index in [0.717, 1.165) is 42.4 Å². The SMILES string of the molecule is [2H]c1cc2c(oc3c(-c4ccc(C([2H])([2H])C([2H])([2H])c5cc(C([2H])([2H])C([2H])([2H])c6ccc(-c7[c-]cccc7)nc6)cc(C([2H])([2H])C([2H])([2H])c6ccc(-c7[c-]cccc7)nc6)c5)cn4)[c-]ccc32)c(-c2ccc(C)cc2)c1F.[Ir+3]. The van der Waals surface area contributed by atoms with E-state index >= 15 is 4.39 Å². The molecule has 0 amide bonds. The Bertz CT molecular complexity index is 3660. The minimum Gasteiger partial charge on any atom is -0.500 e. The number of hydrogen-bond donors (Lipinski definition) is 0. The molecule has 0 unspecified atom stereocenters. The van der Waals surface area contributed by atoms with Crippen molar-refractivity contribution < 1.29 is 46.7 Å². The van der Waals surface area contributed by atoms with Gasteiger partial charge in [-0.3, -0.25) is 0 Å². The molecule has 6 aromatic carbocycles. The average Bonchev–Trinajstić information content (AvgIpc) is 3.81. The van der Waals surface area contributed by atoms with Crippen LogP contribution in [0.25, 0.3) is 66.8 Å². The number of aryl methyl sites for hydroxylation is 7. The molecule has 10 rings (SSSR count). The Morgan fingerprint density at radius 3 is 1.52 bits per heavy atom. The third-order valence-electron chi connectivity index (χ3n) is 10.3. The molecule has 0 N–H and O–H groups in total. The molecule has 0 aliphatic heterocycles. The minimum atomic E-state index is -3.17. The first-order valence-corrected chi connectivity index (χ1v) is 20.1. The molecule has 0 radical (unpaired) electrons. The zero-order valence-electron chi connectivity index (χ0n) is 47.0. The van der Waals surface area contributed by atoms with Crippen LogP contribution in [0.15, 0.2) is 175 Å². The van der Waals surface area contributed by atoms with Gasteiger partial charge in [0.25, 0.3) is 0 Å². The molecule has 0 saturated heterocycles. The van der Waals surface area contributed by atoms with Crippen molar-refractivity contribution in [2.24, 2.45) is 0 Å². The van der Waals surface area contributed by atoms with Crippen LogP contribution in [0.2, 0.25) is 0 Å². The maximum Gasteiger partial charge on any atom is 3.00 e. The number of pyridine rings is 3. The molecular formula is C58H43FIrN3O. The molecule has 0 spiro atoms. The predicted molar refractivity (Wildman–Crippen MR) is 252 cm³/mol. The largest absolute Gasteiger partial charge is 3.00 e. The standard InChI is InChI=1S/C58H43FN3O.Ir/c1-39-15-26-48(27-16-39)56-52(59)29-28-50-49-13-8-14-51(57(49)63-58(50)56)55-32-25-42(38-62-55)19-22-45-34-43(20-17-40-23-30-53(60-36-40)46-9-4-2-5-10-46)33-44(35-45)21-18-41-24-31-54(61-37-41)47-11-6-3-7-12-47;/h2-9,11,13,15-16,23-38H,17-22H2,1H3;/q-3;+3/i17D2,18D2,19D2,20D2,21D2,22D2,29D;. The van der Waals surface area contributed by atoms with Gasteiger partial charge in [0.2, 0.25) is 0 Å². The van der Waals surface area contributed by atoms with Crippen molar-refractivity contribution in [3.8, 4) is 44.9 Å². The van der Waals surface area contributed by atoms with E-state index in [0.29, 0.717) is 44.4 Å². The zero-order valence-corrected chi connectivity index (χ0v) is 36.4. The van der Waals surface area contributed by atoms with Gasteiger partial charge in [-0.25, -0.2) is 4.39 Å². The fourth-order valence-electron chi connectivity index (χ4n) is 7.14. The summed E-state index contributed by atoms with van der Waals surface area (Å²) in [7, 11) is 0. The van der Waals surface area contributed by atoms with Crippen LogP contribution in [0, 0.1) is 30.9 Å². The Labute approximate surface area is 405 Å². The van der Waals surface area contributed by atoms with Gasteiger partial charge in [-0.15, -0.1) is 90.0 Å². The van der Waals surface area contributed by atoms with E-state index < -0.39 is 60.7 Å². The van der Waals surface area contributed by atoms with Gasteiger partial charge in [-0.2, -0.15) is 0 Å². The van der Waals surface area contributed by atoms with Gasteiger partial charge in [0.05, 0.1) is 12.5 Å². The van der Waals surface area contributed by atoms with E-state index in [1.165, 1.54) is 42.5 Å². The van der Waals surface area contributed by atoms with Gasteiger partial charge in [0, 0.05) is 40.4 Å². The van der Waals surface area contributed by atoms with E-state index in [9.17, 15) is 16.4 Å². The van der Waals surface area contributed by atoms with Crippen molar-refractivity contribution >= 4 is 21.9 Å². The van der Waals surface area contributed by atoms with Crippen LogP contribution in [0.3, 0.4) is 0 Å². The van der Waals surface area contributed by atoms with Gasteiger partial charge >= 0.3 is 20.1 Å². The van der Waals surface area contributed by atoms with Gasteiger partial charge in [0.1, 0.15) is 11.4 Å². The van der Waals surface area contributed by atoms with Crippen molar-refractivity contribution in [2.75, 3.05) is 0 Å². The second-order valence-corrected chi connectivity index (χ2v) is 14.7. The molecule has 0 aliphatic carbocycles. The van der Waals surface area contributed by atoms with Crippen molar-refractivity contribution in [1.82, 2.24) is 15.0 Å². The Morgan fingerprint density at radius 1 is 0.531 bits per heavy atom. The maximum atomic E-state index is 15.8. The Kier molecular flexibility index (Phi) is 8.88. The second kappa shape index (κ2) is 19.3. The van der Waals surface area contributed by atoms with Crippen LogP contribution in [-0.2, 0) is 58.3 Å². The van der Waals surface area contributed by atoms with Crippen LogP contribution in [0.1, 0.15) is 56.8 Å². The van der Waals surface area contributed by atoms with E-state index in [-0.39, 0.29) is 65.3 Å². The summed E-state index contributed by atoms with van der Waals surface area (Å²) < 4.78 is 143. The number of rotatable bonds is 13. The third kappa shape index (κ3) is 9.40. The summed E-state index contributed by atoms with van der Waals surface area (Å²) in [6.45, 7) is 1.90. The summed E-state index contributed by atoms with van der Waals surface area (Å²) in [6.07, 6.45) is -14.9. The van der Waals surface area contributed by atoms with Crippen molar-refractivity contribution in [1.29, 1.82) is 0 Å². The van der Waals surface area contributed by atoms with Crippen LogP contribution in [0.5, 0.6) is 0 Å². The number of aromatic nitrogens is 3. The number of nitrogens with zero attached hydrogens (tertiary/aromatic N) is 3. The molecule has 64 heavy (non-hydrogen) atoms. The molecule has 0 fully saturated rings. The third-order valence-corrected chi connectivity index (χ3v) is 10.3. The van der Waals surface area contributed by atoms with Crippen LogP contribution in [-0.4, -0.2) is 15.0 Å². The number of fused-ring (bicyclic) bond motifs is 3. The quantitative estimate of drug-likeness (QED) is 0.108. The Morgan fingerprint density at radius 2 is 1.03 bits per heavy atom. The molecular weight excluding hydrogens is 966 g/mol. The fourth-order valence-corrected chi connectivity index (χ4v) is 7.14. The van der Waals surface area contributed by atoms with Gasteiger partial charge in [-0.05, 0) is 113 Å². The first-order chi connectivity index (χ1) is 35.9. The molecule has 0 bridgehead atoms. The molecule has 6 heteroatoms. The summed E-state index contributed by atoms with van der Waals surface area (Å²) in [5.41, 5.74) is 2.03. The number of halogens is 1. The molecule has 4 nitrogen and oxygen atoms in total. The molecule has 0 atom stereocenters. The normalized spacial score (nSPS) is 15.6. The smallest absolute Gasteiger partial charge is 0.500 e. The predicted octanol–water partition coefficient (Wildman–Crippen LogP) is 13.6. The summed E-state index contributed by atoms with van der Waals surface area (Å²) in [4.78, 5) is 13.3. The van der Waals surface area contributed by atoms with Crippen molar-refractivity contribution in [3.63, 3.8) is 0 Å². The molecule has 312 valence electrons. The summed E-state index contributed by atoms with van der Waals surface area (Å²) in [5, 5.41) is 1.00. The average molecular weight is 1020 g/mol. The van der Waals surface area contributed by atoms with Crippen molar-refractivity contribution in [3.05, 3.63) is 233 Å². The zero-order chi connectivity index (χ0) is 54.2. The van der Waals surface area contributed by atoms with E-state index in [4.69, 9.17) is 5.79 Å². The second-order valence-electron chi connectivity index (χ2n) is 14.7. The monoisotopic (exact) mass is 1020 g/mol. The molecule has 10 aromatic rings. The summed E-state index contributed by atoms with van der Waals surface area (Å²) in [6, 6.07) is 45.9. The molecule has 0 aliphatic rings. The molecule has 4 aromatic heterocycles. The summed E-state index contributed by atoms with van der Waals surface area (Å²) >= 11 is 0. The number of benzene rings is 6. The van der Waals surface area contributed by atoms with Crippen LogP contribution >= 0.6 is 0 Å². The van der Waals surface area contributed by atoms with Gasteiger partial charge in [0.15, 0.2) is 0 Å². The van der Waals surface area contributed by atoms with Crippen LogP contribution in [0.4, 0.5) is 4.39 Å². The van der Waals surface area contributed by atoms with Gasteiger partial charge in [-0.1, -0.05) is 95.4 Å². The molecule has 4 heterocycles. The minimum absolute atomic E-state index is 0. The Balaban J connectivity index is 0.00000722. The van der Waals surface area contributed by atoms with E-state index in [2.05, 4.69) is 33.2 Å². The van der Waals surface area contributed by atoms with E-state index in [1.54, 1.807) is 72.8 Å². The molecule has 0 saturated carbocycles. The van der Waals surface area contributed by atoms with E-state index in [1.807, 2.05) is 19.1 Å². The Hall–Kier alpha value is -6.85. The number of hydrogen-bond acceptors (Lipinski definition) is 4. The first-order valence-electron chi connectivity index (χ1n) is 26.6. The number of furan rings is 1. The topological polar surface area (TPSA) is 51.8 Å². The fraction of sp³-hybridized carbons (Fsp3) is 0.121. The van der Waals surface area contributed by atoms with Crippen LogP contribution < -0.4 is 0 Å². The first kappa shape index (κ1) is 29.5. The van der Waals surface area contributed by atoms with Gasteiger partial charge < -0.3 is 19.4 Å². The summed E-state index contributed by atoms with van der Waals surface area (Å²) in [5.74, 6) is -0.766. The maximum absolute atomic E-state index is 15.8.